The van der Waals surface area contributed by atoms with Gasteiger partial charge in [0.1, 0.15) is 0 Å². The number of rotatable bonds is 6. The summed E-state index contributed by atoms with van der Waals surface area (Å²) in [5, 5.41) is 1.23. The van der Waals surface area contributed by atoms with Crippen molar-refractivity contribution >= 4 is 34.8 Å². The number of amides is 1. The highest BCUT2D eigenvalue weighted by Gasteiger charge is 2.36. The molecular weight excluding hydrogens is 445 g/mol. The van der Waals surface area contributed by atoms with Crippen molar-refractivity contribution in [2.75, 3.05) is 18.1 Å². The second-order valence-electron chi connectivity index (χ2n) is 7.70. The fourth-order valence-electron chi connectivity index (χ4n) is 4.12. The van der Waals surface area contributed by atoms with Gasteiger partial charge in [0.15, 0.2) is 11.5 Å². The van der Waals surface area contributed by atoms with Crippen molar-refractivity contribution in [3.63, 3.8) is 0 Å². The third kappa shape index (κ3) is 4.30. The summed E-state index contributed by atoms with van der Waals surface area (Å²) in [6.07, 6.45) is 0.254. The summed E-state index contributed by atoms with van der Waals surface area (Å²) in [5.74, 6) is 1.29. The van der Waals surface area contributed by atoms with E-state index in [2.05, 4.69) is 0 Å². The lowest BCUT2D eigenvalue weighted by molar-refractivity contribution is -0.118. The number of fused-ring (bicyclic) bond motifs is 1. The minimum atomic E-state index is -0.376. The van der Waals surface area contributed by atoms with E-state index in [-0.39, 0.29) is 18.4 Å². The predicted molar refractivity (Wildman–Crippen MR) is 129 cm³/mol. The SMILES string of the molecule is CCOc1cc2c(cc1OCC)[C@@H](c1cccc(Cl)c1)N(c1ccc(C)c(Cl)c1)C(=O)C2. The van der Waals surface area contributed by atoms with E-state index in [1.807, 2.05) is 75.4 Å². The Hall–Kier alpha value is -2.69. The first-order chi connectivity index (χ1) is 15.4. The molecule has 0 unspecified atom stereocenters. The quantitative estimate of drug-likeness (QED) is 0.399. The Kier molecular flexibility index (Phi) is 6.63. The summed E-state index contributed by atoms with van der Waals surface area (Å²) in [5.41, 5.74) is 4.51. The largest absolute Gasteiger partial charge is 0.490 e. The van der Waals surface area contributed by atoms with Gasteiger partial charge in [0, 0.05) is 15.7 Å². The van der Waals surface area contributed by atoms with Crippen LogP contribution in [0.2, 0.25) is 10.0 Å². The lowest BCUT2D eigenvalue weighted by Gasteiger charge is -2.38. The molecule has 0 saturated heterocycles. The minimum absolute atomic E-state index is 0.0194. The first-order valence-corrected chi connectivity index (χ1v) is 11.4. The number of ether oxygens (including phenoxy) is 2. The van der Waals surface area contributed by atoms with Crippen molar-refractivity contribution in [1.29, 1.82) is 0 Å². The molecule has 0 fully saturated rings. The third-order valence-corrected chi connectivity index (χ3v) is 6.21. The first kappa shape index (κ1) is 22.5. The topological polar surface area (TPSA) is 38.8 Å². The van der Waals surface area contributed by atoms with Gasteiger partial charge in [0.25, 0.3) is 0 Å². The fourth-order valence-corrected chi connectivity index (χ4v) is 4.50. The Morgan fingerprint density at radius 3 is 2.34 bits per heavy atom. The molecule has 0 aromatic heterocycles. The van der Waals surface area contributed by atoms with Gasteiger partial charge in [-0.25, -0.2) is 0 Å². The van der Waals surface area contributed by atoms with Crippen molar-refractivity contribution in [3.8, 4) is 11.5 Å². The molecule has 3 aromatic carbocycles. The van der Waals surface area contributed by atoms with Crippen molar-refractivity contribution in [2.45, 2.75) is 33.2 Å². The van der Waals surface area contributed by atoms with Crippen LogP contribution in [0.15, 0.2) is 54.6 Å². The number of anilines is 1. The van der Waals surface area contributed by atoms with Gasteiger partial charge in [-0.2, -0.15) is 0 Å². The Labute approximate surface area is 198 Å². The molecule has 1 atom stereocenters. The Balaban J connectivity index is 1.94. The summed E-state index contributed by atoms with van der Waals surface area (Å²) in [7, 11) is 0. The molecule has 6 heteroatoms. The number of carbonyl (C=O) groups is 1. The lowest BCUT2D eigenvalue weighted by atomic mass is 9.86. The van der Waals surface area contributed by atoms with Crippen LogP contribution in [0, 0.1) is 6.92 Å². The molecule has 0 spiro atoms. The fraction of sp³-hybridized carbons (Fsp3) is 0.269. The Morgan fingerprint density at radius 1 is 0.969 bits per heavy atom. The maximum absolute atomic E-state index is 13.5. The van der Waals surface area contributed by atoms with Gasteiger partial charge < -0.3 is 14.4 Å². The van der Waals surface area contributed by atoms with Crippen LogP contribution in [0.1, 0.15) is 42.1 Å². The second kappa shape index (κ2) is 9.43. The molecule has 0 aliphatic carbocycles. The van der Waals surface area contributed by atoms with E-state index >= 15 is 0 Å². The van der Waals surface area contributed by atoms with E-state index in [4.69, 9.17) is 32.7 Å². The summed E-state index contributed by atoms with van der Waals surface area (Å²) in [6.45, 7) is 6.83. The molecule has 4 rings (SSSR count). The van der Waals surface area contributed by atoms with E-state index in [9.17, 15) is 4.79 Å². The average molecular weight is 470 g/mol. The third-order valence-electron chi connectivity index (χ3n) is 5.57. The number of hydrogen-bond donors (Lipinski definition) is 0. The summed E-state index contributed by atoms with van der Waals surface area (Å²) in [4.78, 5) is 15.3. The summed E-state index contributed by atoms with van der Waals surface area (Å²) in [6, 6.07) is 16.9. The molecule has 1 aliphatic heterocycles. The van der Waals surface area contributed by atoms with Gasteiger partial charge in [0.2, 0.25) is 5.91 Å². The summed E-state index contributed by atoms with van der Waals surface area (Å²) < 4.78 is 11.7. The molecule has 0 saturated carbocycles. The van der Waals surface area contributed by atoms with Gasteiger partial charge >= 0.3 is 0 Å². The Morgan fingerprint density at radius 2 is 1.69 bits per heavy atom. The highest BCUT2D eigenvalue weighted by Crippen LogP contribution is 2.44. The molecule has 0 radical (unpaired) electrons. The molecule has 3 aromatic rings. The summed E-state index contributed by atoms with van der Waals surface area (Å²) >= 11 is 12.8. The van der Waals surface area contributed by atoms with E-state index in [0.717, 1.165) is 27.9 Å². The standard InChI is InChI=1S/C26H25Cl2NO3/c1-4-31-23-12-18-13-25(30)29(20-10-9-16(3)22(28)14-20)26(17-7-6-8-19(27)11-17)21(18)15-24(23)32-5-2/h6-12,14-15,26H,4-5,13H2,1-3H3/t26-/m1/s1. The molecule has 4 nitrogen and oxygen atoms in total. The van der Waals surface area contributed by atoms with Crippen LogP contribution in [-0.2, 0) is 11.2 Å². The van der Waals surface area contributed by atoms with Crippen LogP contribution in [0.4, 0.5) is 5.69 Å². The van der Waals surface area contributed by atoms with Crippen molar-refractivity contribution in [3.05, 3.63) is 86.9 Å². The maximum atomic E-state index is 13.5. The molecule has 0 bridgehead atoms. The number of nitrogens with zero attached hydrogens (tertiary/aromatic N) is 1. The minimum Gasteiger partial charge on any atom is -0.490 e. The maximum Gasteiger partial charge on any atom is 0.232 e. The normalized spacial score (nSPS) is 15.5. The number of hydrogen-bond acceptors (Lipinski definition) is 3. The molecule has 1 heterocycles. The number of benzene rings is 3. The predicted octanol–water partition coefficient (Wildman–Crippen LogP) is 6.78. The van der Waals surface area contributed by atoms with Crippen LogP contribution in [0.3, 0.4) is 0 Å². The number of halogens is 2. The van der Waals surface area contributed by atoms with Gasteiger partial charge in [0.05, 0.1) is 25.7 Å². The van der Waals surface area contributed by atoms with Crippen LogP contribution >= 0.6 is 23.2 Å². The number of aryl methyl sites for hydroxylation is 1. The van der Waals surface area contributed by atoms with Crippen LogP contribution in [0.25, 0.3) is 0 Å². The van der Waals surface area contributed by atoms with E-state index < -0.39 is 0 Å². The molecule has 166 valence electrons. The van der Waals surface area contributed by atoms with Gasteiger partial charge in [-0.05, 0) is 79.4 Å². The van der Waals surface area contributed by atoms with Gasteiger partial charge in [-0.1, -0.05) is 41.4 Å². The molecule has 0 N–H and O–H groups in total. The van der Waals surface area contributed by atoms with E-state index in [0.29, 0.717) is 34.8 Å². The molecule has 32 heavy (non-hydrogen) atoms. The van der Waals surface area contributed by atoms with Crippen LogP contribution in [-0.4, -0.2) is 19.1 Å². The highest BCUT2D eigenvalue weighted by atomic mass is 35.5. The van der Waals surface area contributed by atoms with Gasteiger partial charge in [-0.15, -0.1) is 0 Å². The monoisotopic (exact) mass is 469 g/mol. The van der Waals surface area contributed by atoms with Crippen molar-refractivity contribution in [1.82, 2.24) is 0 Å². The Bertz CT molecular complexity index is 1160. The zero-order valence-electron chi connectivity index (χ0n) is 18.3. The molecular formula is C26H25Cl2NO3. The zero-order chi connectivity index (χ0) is 22.8. The van der Waals surface area contributed by atoms with Crippen LogP contribution in [0.5, 0.6) is 11.5 Å². The van der Waals surface area contributed by atoms with Crippen molar-refractivity contribution < 1.29 is 14.3 Å². The van der Waals surface area contributed by atoms with Crippen molar-refractivity contribution in [2.24, 2.45) is 0 Å². The van der Waals surface area contributed by atoms with E-state index in [1.54, 1.807) is 4.90 Å². The zero-order valence-corrected chi connectivity index (χ0v) is 19.8. The molecule has 1 amide bonds. The molecule has 1 aliphatic rings. The lowest BCUT2D eigenvalue weighted by Crippen LogP contribution is -2.41. The average Bonchev–Trinajstić information content (AvgIpc) is 2.76. The van der Waals surface area contributed by atoms with Crippen LogP contribution < -0.4 is 14.4 Å². The number of carbonyl (C=O) groups excluding carboxylic acids is 1. The van der Waals surface area contributed by atoms with Gasteiger partial charge in [-0.3, -0.25) is 4.79 Å². The second-order valence-corrected chi connectivity index (χ2v) is 8.54. The highest BCUT2D eigenvalue weighted by molar-refractivity contribution is 6.31. The van der Waals surface area contributed by atoms with E-state index in [1.165, 1.54) is 0 Å². The first-order valence-electron chi connectivity index (χ1n) is 10.7. The smallest absolute Gasteiger partial charge is 0.232 e.